The maximum absolute atomic E-state index is 11.8. The first-order chi connectivity index (χ1) is 8.45. The van der Waals surface area contributed by atoms with E-state index in [1.165, 1.54) is 12.0 Å². The molecule has 0 fully saturated rings. The quantitative estimate of drug-likeness (QED) is 0.777. The second-order valence-corrected chi connectivity index (χ2v) is 6.32. The van der Waals surface area contributed by atoms with Crippen LogP contribution in [-0.4, -0.2) is 34.4 Å². The highest BCUT2D eigenvalue weighted by Gasteiger charge is 2.24. The van der Waals surface area contributed by atoms with Gasteiger partial charge >= 0.3 is 6.09 Å². The van der Waals surface area contributed by atoms with Crippen LogP contribution in [0.25, 0.3) is 0 Å². The molecule has 0 unspecified atom stereocenters. The zero-order valence-electron chi connectivity index (χ0n) is 10.3. The molecule has 0 saturated heterocycles. The summed E-state index contributed by atoms with van der Waals surface area (Å²) < 4.78 is 28.3. The van der Waals surface area contributed by atoms with Crippen LogP contribution in [-0.2, 0) is 21.0 Å². The SMILES string of the molecule is COC(=O)N(C)c1ccc2c(c1)CCCS2(=O)=O. The zero-order valence-corrected chi connectivity index (χ0v) is 11.2. The molecule has 1 heterocycles. The molecule has 0 bridgehead atoms. The Morgan fingerprint density at radius 1 is 1.39 bits per heavy atom. The minimum atomic E-state index is -3.15. The maximum Gasteiger partial charge on any atom is 0.413 e. The van der Waals surface area contributed by atoms with Crippen molar-refractivity contribution in [2.24, 2.45) is 0 Å². The molecule has 18 heavy (non-hydrogen) atoms. The van der Waals surface area contributed by atoms with Crippen molar-refractivity contribution in [2.75, 3.05) is 24.8 Å². The highest BCUT2D eigenvalue weighted by atomic mass is 32.2. The normalized spacial score (nSPS) is 16.8. The number of nitrogens with zero attached hydrogens (tertiary/aromatic N) is 1. The van der Waals surface area contributed by atoms with E-state index in [2.05, 4.69) is 4.74 Å². The van der Waals surface area contributed by atoms with Crippen LogP contribution in [0.5, 0.6) is 0 Å². The number of hydrogen-bond acceptors (Lipinski definition) is 4. The van der Waals surface area contributed by atoms with Crippen molar-refractivity contribution < 1.29 is 17.9 Å². The van der Waals surface area contributed by atoms with Crippen LogP contribution in [0, 0.1) is 0 Å². The first kappa shape index (κ1) is 12.9. The summed E-state index contributed by atoms with van der Waals surface area (Å²) in [5.41, 5.74) is 1.41. The van der Waals surface area contributed by atoms with Crippen LogP contribution < -0.4 is 4.90 Å². The Balaban J connectivity index is 2.42. The summed E-state index contributed by atoms with van der Waals surface area (Å²) in [6, 6.07) is 4.93. The fourth-order valence-corrected chi connectivity index (χ4v) is 3.66. The summed E-state index contributed by atoms with van der Waals surface area (Å²) >= 11 is 0. The monoisotopic (exact) mass is 269 g/mol. The molecule has 1 amide bonds. The van der Waals surface area contributed by atoms with Crippen LogP contribution in [0.1, 0.15) is 12.0 Å². The van der Waals surface area contributed by atoms with Crippen LogP contribution in [0.4, 0.5) is 10.5 Å². The summed E-state index contributed by atoms with van der Waals surface area (Å²) in [6.07, 6.45) is 0.867. The fraction of sp³-hybridized carbons (Fsp3) is 0.417. The third-order valence-electron chi connectivity index (χ3n) is 3.07. The predicted octanol–water partition coefficient (Wildman–Crippen LogP) is 1.61. The van der Waals surface area contributed by atoms with Gasteiger partial charge in [0, 0.05) is 12.7 Å². The summed E-state index contributed by atoms with van der Waals surface area (Å²) in [4.78, 5) is 13.1. The van der Waals surface area contributed by atoms with Gasteiger partial charge in [-0.1, -0.05) is 0 Å². The van der Waals surface area contributed by atoms with Gasteiger partial charge in [-0.15, -0.1) is 0 Å². The Kier molecular flexibility index (Phi) is 3.30. The van der Waals surface area contributed by atoms with Crippen molar-refractivity contribution in [3.63, 3.8) is 0 Å². The van der Waals surface area contributed by atoms with Gasteiger partial charge in [-0.3, -0.25) is 4.90 Å². The summed E-state index contributed by atoms with van der Waals surface area (Å²) in [5, 5.41) is 0. The number of anilines is 1. The van der Waals surface area contributed by atoms with Gasteiger partial charge in [-0.05, 0) is 36.6 Å². The topological polar surface area (TPSA) is 63.7 Å². The van der Waals surface area contributed by atoms with Gasteiger partial charge < -0.3 is 4.74 Å². The lowest BCUT2D eigenvalue weighted by Crippen LogP contribution is -2.26. The van der Waals surface area contributed by atoms with E-state index in [4.69, 9.17) is 0 Å². The number of methoxy groups -OCH3 is 1. The maximum atomic E-state index is 11.8. The molecule has 0 radical (unpaired) electrons. The van der Waals surface area contributed by atoms with E-state index in [1.54, 1.807) is 25.2 Å². The van der Waals surface area contributed by atoms with Gasteiger partial charge in [0.05, 0.1) is 17.8 Å². The number of ether oxygens (including phenoxy) is 1. The number of aryl methyl sites for hydroxylation is 1. The van der Waals surface area contributed by atoms with E-state index in [0.717, 1.165) is 12.0 Å². The molecule has 1 aliphatic heterocycles. The molecule has 0 saturated carbocycles. The van der Waals surface area contributed by atoms with Crippen molar-refractivity contribution in [3.8, 4) is 0 Å². The summed E-state index contributed by atoms with van der Waals surface area (Å²) in [7, 11) is -0.250. The van der Waals surface area contributed by atoms with Crippen molar-refractivity contribution in [1.29, 1.82) is 0 Å². The van der Waals surface area contributed by atoms with Gasteiger partial charge in [0.2, 0.25) is 0 Å². The number of amides is 1. The lowest BCUT2D eigenvalue weighted by Gasteiger charge is -2.20. The Morgan fingerprint density at radius 2 is 2.11 bits per heavy atom. The van der Waals surface area contributed by atoms with Gasteiger partial charge in [-0.25, -0.2) is 13.2 Å². The molecule has 5 nitrogen and oxygen atoms in total. The van der Waals surface area contributed by atoms with E-state index < -0.39 is 15.9 Å². The first-order valence-electron chi connectivity index (χ1n) is 5.63. The van der Waals surface area contributed by atoms with Crippen LogP contribution >= 0.6 is 0 Å². The smallest absolute Gasteiger partial charge is 0.413 e. The number of rotatable bonds is 1. The van der Waals surface area contributed by atoms with Crippen LogP contribution in [0.2, 0.25) is 0 Å². The molecule has 0 N–H and O–H groups in total. The number of benzene rings is 1. The number of fused-ring (bicyclic) bond motifs is 1. The second-order valence-electron chi connectivity index (χ2n) is 4.24. The van der Waals surface area contributed by atoms with Crippen LogP contribution in [0.3, 0.4) is 0 Å². The van der Waals surface area contributed by atoms with Crippen LogP contribution in [0.15, 0.2) is 23.1 Å². The number of sulfone groups is 1. The molecule has 1 aromatic carbocycles. The van der Waals surface area contributed by atoms with Crippen molar-refractivity contribution >= 4 is 21.6 Å². The fourth-order valence-electron chi connectivity index (χ4n) is 2.08. The average molecular weight is 269 g/mol. The standard InChI is InChI=1S/C12H15NO4S/c1-13(12(14)17-2)10-5-6-11-9(8-10)4-3-7-18(11,15)16/h5-6,8H,3-4,7H2,1-2H3. The van der Waals surface area contributed by atoms with Gasteiger partial charge in [0.15, 0.2) is 9.84 Å². The minimum absolute atomic E-state index is 0.201. The van der Waals surface area contributed by atoms with Crippen molar-refractivity contribution in [2.45, 2.75) is 17.7 Å². The second kappa shape index (κ2) is 4.61. The largest absolute Gasteiger partial charge is 0.452 e. The molecule has 1 aromatic rings. The highest BCUT2D eigenvalue weighted by molar-refractivity contribution is 7.91. The van der Waals surface area contributed by atoms with Gasteiger partial charge in [0.25, 0.3) is 0 Å². The van der Waals surface area contributed by atoms with Crippen molar-refractivity contribution in [1.82, 2.24) is 0 Å². The lowest BCUT2D eigenvalue weighted by atomic mass is 10.1. The third-order valence-corrected chi connectivity index (χ3v) is 4.97. The molecule has 0 spiro atoms. The summed E-state index contributed by atoms with van der Waals surface area (Å²) in [5.74, 6) is 0.201. The number of carbonyl (C=O) groups is 1. The third kappa shape index (κ3) is 2.20. The molecule has 1 aliphatic rings. The van der Waals surface area contributed by atoms with Gasteiger partial charge in [-0.2, -0.15) is 0 Å². The van der Waals surface area contributed by atoms with Gasteiger partial charge in [0.1, 0.15) is 0 Å². The molecular formula is C12H15NO4S. The predicted molar refractivity (Wildman–Crippen MR) is 67.6 cm³/mol. The first-order valence-corrected chi connectivity index (χ1v) is 7.28. The molecule has 6 heteroatoms. The van der Waals surface area contributed by atoms with E-state index in [1.807, 2.05) is 0 Å². The molecule has 0 aromatic heterocycles. The Hall–Kier alpha value is -1.56. The van der Waals surface area contributed by atoms with Crippen molar-refractivity contribution in [3.05, 3.63) is 23.8 Å². The Bertz CT molecular complexity index is 580. The lowest BCUT2D eigenvalue weighted by molar-refractivity contribution is 0.180. The average Bonchev–Trinajstić information content (AvgIpc) is 2.36. The molecule has 2 rings (SSSR count). The van der Waals surface area contributed by atoms with E-state index in [0.29, 0.717) is 17.0 Å². The Labute approximate surface area is 106 Å². The zero-order chi connectivity index (χ0) is 13.3. The molecule has 0 atom stereocenters. The van der Waals surface area contributed by atoms with E-state index in [-0.39, 0.29) is 5.75 Å². The molecular weight excluding hydrogens is 254 g/mol. The molecule has 0 aliphatic carbocycles. The highest BCUT2D eigenvalue weighted by Crippen LogP contribution is 2.28. The molecule has 98 valence electrons. The number of carbonyl (C=O) groups excluding carboxylic acids is 1. The van der Waals surface area contributed by atoms with E-state index in [9.17, 15) is 13.2 Å². The van der Waals surface area contributed by atoms with E-state index >= 15 is 0 Å². The minimum Gasteiger partial charge on any atom is -0.452 e. The summed E-state index contributed by atoms with van der Waals surface area (Å²) in [6.45, 7) is 0. The number of hydrogen-bond donors (Lipinski definition) is 0. The Morgan fingerprint density at radius 3 is 2.78 bits per heavy atom.